The quantitative estimate of drug-likeness (QED) is 0.102. The number of hydrogen-bond donors (Lipinski definition) is 8. The molecule has 0 fully saturated rings. The smallest absolute Gasteiger partial charge is 0.326 e. The molecule has 3 heterocycles. The summed E-state index contributed by atoms with van der Waals surface area (Å²) < 4.78 is 0. The number of benzene rings is 4. The molecule has 0 saturated carbocycles. The molecule has 310 valence electrons. The Balaban J connectivity index is 1.36. The summed E-state index contributed by atoms with van der Waals surface area (Å²) in [7, 11) is 0. The van der Waals surface area contributed by atoms with Gasteiger partial charge in [0.25, 0.3) is 11.8 Å². The molecule has 5 amide bonds. The first-order chi connectivity index (χ1) is 28.9. The third-order valence-electron chi connectivity index (χ3n) is 10.1. The number of aryl methyl sites for hydroxylation is 1. The van der Waals surface area contributed by atoms with E-state index >= 15 is 0 Å². The van der Waals surface area contributed by atoms with Crippen molar-refractivity contribution in [3.8, 4) is 11.1 Å². The fraction of sp³-hybridized carbons (Fsp3) is 0.244. The lowest BCUT2D eigenvalue weighted by atomic mass is 9.99. The van der Waals surface area contributed by atoms with Gasteiger partial charge in [0.15, 0.2) is 12.2 Å². The second-order valence-corrected chi connectivity index (χ2v) is 15.5. The lowest BCUT2D eigenvalue weighted by Crippen LogP contribution is -2.59. The number of nitrogens with one attached hydrogen (secondary N) is 5. The molecule has 60 heavy (non-hydrogen) atoms. The molecule has 6 atom stereocenters. The van der Waals surface area contributed by atoms with Crippen LogP contribution in [0.1, 0.15) is 28.0 Å². The number of carboxylic acid groups (broad SMARTS) is 1. The van der Waals surface area contributed by atoms with Gasteiger partial charge in [-0.1, -0.05) is 103 Å². The molecule has 0 saturated heterocycles. The highest BCUT2D eigenvalue weighted by atomic mass is 32.1. The predicted molar refractivity (Wildman–Crippen MR) is 225 cm³/mol. The Morgan fingerprint density at radius 1 is 0.567 bits per heavy atom. The van der Waals surface area contributed by atoms with Crippen molar-refractivity contribution in [3.05, 3.63) is 148 Å². The first kappa shape index (κ1) is 42.9. The van der Waals surface area contributed by atoms with Crippen LogP contribution >= 0.6 is 11.3 Å². The van der Waals surface area contributed by atoms with Crippen LogP contribution in [0.4, 0.5) is 5.69 Å². The van der Waals surface area contributed by atoms with Gasteiger partial charge in [0.2, 0.25) is 17.7 Å². The summed E-state index contributed by atoms with van der Waals surface area (Å²) in [5.41, 5.74) is 4.02. The Bertz CT molecular complexity index is 2260. The van der Waals surface area contributed by atoms with Gasteiger partial charge in [-0.25, -0.2) is 4.79 Å². The fourth-order valence-electron chi connectivity index (χ4n) is 6.71. The average molecular weight is 832 g/mol. The largest absolute Gasteiger partial charge is 0.480 e. The first-order valence-electron chi connectivity index (χ1n) is 19.3. The first-order valence-corrected chi connectivity index (χ1v) is 20.2. The number of aliphatic hydroxyl groups excluding tert-OH is 2. The molecule has 0 spiro atoms. The van der Waals surface area contributed by atoms with Crippen LogP contribution in [0.2, 0.25) is 0 Å². The number of anilines is 1. The molecular weight excluding hydrogens is 787 g/mol. The Morgan fingerprint density at radius 2 is 1.13 bits per heavy atom. The van der Waals surface area contributed by atoms with E-state index < -0.39 is 71.9 Å². The lowest BCUT2D eigenvalue weighted by molar-refractivity contribution is -0.145. The third kappa shape index (κ3) is 11.7. The van der Waals surface area contributed by atoms with Crippen molar-refractivity contribution >= 4 is 52.5 Å². The summed E-state index contributed by atoms with van der Waals surface area (Å²) in [6, 6.07) is 30.2. The summed E-state index contributed by atoms with van der Waals surface area (Å²) >= 11 is 1.30. The molecule has 0 unspecified atom stereocenters. The molecule has 2 bridgehead atoms. The van der Waals surface area contributed by atoms with Crippen molar-refractivity contribution < 1.29 is 44.1 Å². The SMILES string of the molecule is O=C1N[C@H](CCc2ccccc2)C(=O)N[C@@H](C(=O)O)Cc2ccc(cc2)NC(=O)[C@H](O)[C@@H](O)C(=O)N[C@H](Cc2cccs2)C(=O)N[C@H]1Cc1ccc(-c2ccccc2)cc1. The highest BCUT2D eigenvalue weighted by Crippen LogP contribution is 2.21. The maximum Gasteiger partial charge on any atom is 0.326 e. The molecule has 2 aliphatic heterocycles. The maximum atomic E-state index is 14.4. The van der Waals surface area contributed by atoms with E-state index in [0.717, 1.165) is 16.7 Å². The Kier molecular flexibility index (Phi) is 14.5. The van der Waals surface area contributed by atoms with Crippen LogP contribution in [-0.4, -0.2) is 87.2 Å². The van der Waals surface area contributed by atoms with E-state index in [1.165, 1.54) is 35.6 Å². The summed E-state index contributed by atoms with van der Waals surface area (Å²) in [6.45, 7) is 0. The second kappa shape index (κ2) is 20.3. The second-order valence-electron chi connectivity index (χ2n) is 14.4. The van der Waals surface area contributed by atoms with Crippen LogP contribution in [0.15, 0.2) is 127 Å². The molecule has 14 nitrogen and oxygen atoms in total. The van der Waals surface area contributed by atoms with Gasteiger partial charge in [0.05, 0.1) is 0 Å². The van der Waals surface area contributed by atoms with Gasteiger partial charge >= 0.3 is 5.97 Å². The van der Waals surface area contributed by atoms with E-state index in [1.54, 1.807) is 29.6 Å². The zero-order valence-corrected chi connectivity index (χ0v) is 33.1. The summed E-state index contributed by atoms with van der Waals surface area (Å²) in [5.74, 6) is -6.02. The van der Waals surface area contributed by atoms with Gasteiger partial charge in [-0.3, -0.25) is 24.0 Å². The fourth-order valence-corrected chi connectivity index (χ4v) is 7.46. The summed E-state index contributed by atoms with van der Waals surface area (Å²) in [5, 5.41) is 46.4. The highest BCUT2D eigenvalue weighted by molar-refractivity contribution is 7.09. The molecule has 1 aromatic heterocycles. The molecule has 15 heteroatoms. The van der Waals surface area contributed by atoms with Gasteiger partial charge in [-0.2, -0.15) is 0 Å². The number of aliphatic carboxylic acids is 1. The third-order valence-corrected chi connectivity index (χ3v) is 11.0. The number of carbonyl (C=O) groups is 6. The van der Waals surface area contributed by atoms with E-state index in [9.17, 15) is 44.1 Å². The van der Waals surface area contributed by atoms with Crippen molar-refractivity contribution in [2.45, 2.75) is 68.5 Å². The van der Waals surface area contributed by atoms with E-state index in [0.29, 0.717) is 22.4 Å². The van der Waals surface area contributed by atoms with E-state index in [1.807, 2.05) is 72.8 Å². The maximum absolute atomic E-state index is 14.4. The molecule has 7 rings (SSSR count). The number of carbonyl (C=O) groups excluding carboxylic acids is 5. The minimum absolute atomic E-state index is 0.0611. The highest BCUT2D eigenvalue weighted by Gasteiger charge is 2.35. The van der Waals surface area contributed by atoms with Gasteiger partial charge < -0.3 is 41.9 Å². The molecule has 2 aliphatic rings. The predicted octanol–water partition coefficient (Wildman–Crippen LogP) is 2.77. The molecular formula is C45H45N5O9S. The number of carboxylic acids is 1. The van der Waals surface area contributed by atoms with Gasteiger partial charge in [0.1, 0.15) is 24.2 Å². The van der Waals surface area contributed by atoms with E-state index in [4.69, 9.17) is 0 Å². The van der Waals surface area contributed by atoms with Gasteiger partial charge in [0, 0.05) is 29.8 Å². The van der Waals surface area contributed by atoms with Crippen molar-refractivity contribution in [1.82, 2.24) is 21.3 Å². The normalized spacial score (nSPS) is 22.0. The molecule has 0 radical (unpaired) electrons. The van der Waals surface area contributed by atoms with E-state index in [-0.39, 0.29) is 31.4 Å². The van der Waals surface area contributed by atoms with Gasteiger partial charge in [-0.05, 0) is 64.2 Å². The van der Waals surface area contributed by atoms with Crippen LogP contribution in [0.5, 0.6) is 0 Å². The summed E-state index contributed by atoms with van der Waals surface area (Å²) in [6.07, 6.45) is -4.43. The van der Waals surface area contributed by atoms with Crippen molar-refractivity contribution in [1.29, 1.82) is 0 Å². The van der Waals surface area contributed by atoms with Gasteiger partial charge in [-0.15, -0.1) is 11.3 Å². The number of rotatable bonds is 9. The minimum Gasteiger partial charge on any atom is -0.480 e. The Hall–Kier alpha value is -6.68. The Morgan fingerprint density at radius 3 is 1.77 bits per heavy atom. The molecule has 0 aliphatic carbocycles. The monoisotopic (exact) mass is 831 g/mol. The number of aliphatic hydroxyl groups is 2. The van der Waals surface area contributed by atoms with Crippen LogP contribution < -0.4 is 26.6 Å². The zero-order chi connectivity index (χ0) is 42.6. The van der Waals surface area contributed by atoms with Crippen molar-refractivity contribution in [3.63, 3.8) is 0 Å². The number of hydrogen-bond acceptors (Lipinski definition) is 9. The Labute approximate surface area is 350 Å². The van der Waals surface area contributed by atoms with E-state index in [2.05, 4.69) is 26.6 Å². The van der Waals surface area contributed by atoms with Crippen LogP contribution in [-0.2, 0) is 54.5 Å². The van der Waals surface area contributed by atoms with Crippen LogP contribution in [0, 0.1) is 0 Å². The van der Waals surface area contributed by atoms with Crippen LogP contribution in [0.3, 0.4) is 0 Å². The average Bonchev–Trinajstić information content (AvgIpc) is 3.78. The lowest BCUT2D eigenvalue weighted by Gasteiger charge is -2.27. The topological polar surface area (TPSA) is 223 Å². The standard InChI is InChI=1S/C45H45N5O9S/c51-38-39(52)44(57)49-36(26-33-12-7-23-60-33)42(55)48-35(24-28-13-18-31(19-14-28)30-10-5-2-6-11-30)41(54)47-34(22-17-27-8-3-1-4-9-27)40(53)50-37(45(58)59)25-29-15-20-32(21-16-29)46-43(38)56/h1-16,18-21,23,34-39,51-52H,17,22,24-26H2,(H,46,56)(H,47,54)(H,48,55)(H,49,57)(H,50,53)(H,58,59)/t34-,35+,36-,37-,38-,39-/m1/s1. The molecule has 5 aromatic rings. The number of amides is 5. The molecule has 8 N–H and O–H groups in total. The number of fused-ring (bicyclic) bond motifs is 18. The number of thiophene rings is 1. The van der Waals surface area contributed by atoms with Crippen LogP contribution in [0.25, 0.3) is 11.1 Å². The minimum atomic E-state index is -2.29. The van der Waals surface area contributed by atoms with Crippen molar-refractivity contribution in [2.24, 2.45) is 0 Å². The zero-order valence-electron chi connectivity index (χ0n) is 32.3. The van der Waals surface area contributed by atoms with Crippen molar-refractivity contribution in [2.75, 3.05) is 5.32 Å². The summed E-state index contributed by atoms with van der Waals surface area (Å²) in [4.78, 5) is 82.1. The molecule has 4 aromatic carbocycles.